The van der Waals surface area contributed by atoms with E-state index < -0.39 is 18.2 Å². The van der Waals surface area contributed by atoms with E-state index in [1.807, 2.05) is 0 Å². The Kier molecular flexibility index (Phi) is 5.60. The van der Waals surface area contributed by atoms with E-state index >= 15 is 0 Å². The highest BCUT2D eigenvalue weighted by atomic mass is 16.5. The average molecular weight is 286 g/mol. The minimum Gasteiger partial charge on any atom is -0.493 e. The summed E-state index contributed by atoms with van der Waals surface area (Å²) in [5, 5.41) is 19.6. The normalized spacial score (nSPS) is 13.3. The zero-order valence-electron chi connectivity index (χ0n) is 11.7. The molecular formula is C13H18O7. The van der Waals surface area contributed by atoms with Gasteiger partial charge in [0.25, 0.3) is 0 Å². The third kappa shape index (κ3) is 3.12. The summed E-state index contributed by atoms with van der Waals surface area (Å²) >= 11 is 0. The van der Waals surface area contributed by atoms with Crippen LogP contribution >= 0.6 is 0 Å². The first-order chi connectivity index (χ1) is 9.49. The van der Waals surface area contributed by atoms with Crippen LogP contribution in [0.1, 0.15) is 11.7 Å². The molecule has 0 radical (unpaired) electrons. The average Bonchev–Trinajstić information content (AvgIpc) is 2.50. The number of carbonyl (C=O) groups excluding carboxylic acids is 1. The summed E-state index contributed by atoms with van der Waals surface area (Å²) in [6.07, 6.45) is -3.18. The number of benzene rings is 1. The molecule has 0 aliphatic carbocycles. The van der Waals surface area contributed by atoms with Gasteiger partial charge in [0, 0.05) is 0 Å². The molecule has 0 aliphatic rings. The van der Waals surface area contributed by atoms with Gasteiger partial charge in [0.2, 0.25) is 5.75 Å². The summed E-state index contributed by atoms with van der Waals surface area (Å²) in [7, 11) is 5.40. The van der Waals surface area contributed by atoms with Gasteiger partial charge in [0.15, 0.2) is 17.6 Å². The van der Waals surface area contributed by atoms with Gasteiger partial charge in [-0.3, -0.25) is 0 Å². The molecule has 0 spiro atoms. The van der Waals surface area contributed by atoms with Crippen LogP contribution in [-0.2, 0) is 9.53 Å². The number of aliphatic hydroxyl groups is 2. The van der Waals surface area contributed by atoms with Crippen LogP contribution < -0.4 is 14.2 Å². The SMILES string of the molecule is COC(=O)C(O)C(O)c1cc(OC)c(OC)c(OC)c1. The molecule has 0 bridgehead atoms. The van der Waals surface area contributed by atoms with E-state index in [0.29, 0.717) is 17.2 Å². The molecule has 0 saturated heterocycles. The van der Waals surface area contributed by atoms with Crippen LogP contribution in [0.15, 0.2) is 12.1 Å². The maximum atomic E-state index is 11.2. The quantitative estimate of drug-likeness (QED) is 0.725. The molecule has 7 heteroatoms. The van der Waals surface area contributed by atoms with Crippen LogP contribution in [0.5, 0.6) is 17.2 Å². The molecule has 1 rings (SSSR count). The Labute approximate surface area is 116 Å². The summed E-state index contributed by atoms with van der Waals surface area (Å²) in [6.45, 7) is 0. The van der Waals surface area contributed by atoms with Gasteiger partial charge >= 0.3 is 5.97 Å². The minimum absolute atomic E-state index is 0.234. The minimum atomic E-state index is -1.71. The molecule has 0 amide bonds. The van der Waals surface area contributed by atoms with Crippen LogP contribution in [0.3, 0.4) is 0 Å². The lowest BCUT2D eigenvalue weighted by atomic mass is 10.0. The first-order valence-electron chi connectivity index (χ1n) is 5.74. The highest BCUT2D eigenvalue weighted by Gasteiger charge is 2.28. The number of carbonyl (C=O) groups is 1. The van der Waals surface area contributed by atoms with Gasteiger partial charge in [-0.2, -0.15) is 0 Å². The number of ether oxygens (including phenoxy) is 4. The second kappa shape index (κ2) is 6.97. The van der Waals surface area contributed by atoms with E-state index in [0.717, 1.165) is 7.11 Å². The van der Waals surface area contributed by atoms with Crippen LogP contribution in [0.25, 0.3) is 0 Å². The lowest BCUT2D eigenvalue weighted by Crippen LogP contribution is -2.29. The molecule has 112 valence electrons. The van der Waals surface area contributed by atoms with Crippen LogP contribution in [0.2, 0.25) is 0 Å². The number of esters is 1. The molecule has 0 aliphatic heterocycles. The fourth-order valence-electron chi connectivity index (χ4n) is 1.70. The maximum absolute atomic E-state index is 11.2. The van der Waals surface area contributed by atoms with Crippen LogP contribution in [-0.4, -0.2) is 50.7 Å². The van der Waals surface area contributed by atoms with Crippen molar-refractivity contribution in [2.75, 3.05) is 28.4 Å². The van der Waals surface area contributed by atoms with Gasteiger partial charge in [-0.1, -0.05) is 0 Å². The van der Waals surface area contributed by atoms with Gasteiger partial charge in [0.1, 0.15) is 6.10 Å². The second-order valence-electron chi connectivity index (χ2n) is 3.87. The Hall–Kier alpha value is -1.99. The summed E-state index contributed by atoms with van der Waals surface area (Å²) in [4.78, 5) is 11.2. The molecule has 0 saturated carbocycles. The van der Waals surface area contributed by atoms with Crippen LogP contribution in [0, 0.1) is 0 Å². The fraction of sp³-hybridized carbons (Fsp3) is 0.462. The van der Waals surface area contributed by atoms with Crippen molar-refractivity contribution < 1.29 is 34.0 Å². The molecule has 7 nitrogen and oxygen atoms in total. The lowest BCUT2D eigenvalue weighted by Gasteiger charge is -2.19. The first-order valence-corrected chi connectivity index (χ1v) is 5.74. The Bertz CT molecular complexity index is 447. The monoisotopic (exact) mass is 286 g/mol. The third-order valence-electron chi connectivity index (χ3n) is 2.77. The zero-order valence-corrected chi connectivity index (χ0v) is 11.7. The van der Waals surface area contributed by atoms with Crippen molar-refractivity contribution in [3.8, 4) is 17.2 Å². The summed E-state index contributed by atoms with van der Waals surface area (Å²) < 4.78 is 19.8. The molecule has 20 heavy (non-hydrogen) atoms. The van der Waals surface area contributed by atoms with Crippen molar-refractivity contribution in [2.24, 2.45) is 0 Å². The van der Waals surface area contributed by atoms with Crippen molar-refractivity contribution in [1.82, 2.24) is 0 Å². The molecule has 2 unspecified atom stereocenters. The fourth-order valence-corrected chi connectivity index (χ4v) is 1.70. The lowest BCUT2D eigenvalue weighted by molar-refractivity contribution is -0.156. The highest BCUT2D eigenvalue weighted by Crippen LogP contribution is 2.40. The van der Waals surface area contributed by atoms with Gasteiger partial charge in [0.05, 0.1) is 28.4 Å². The largest absolute Gasteiger partial charge is 0.493 e. The van der Waals surface area contributed by atoms with E-state index in [-0.39, 0.29) is 5.56 Å². The predicted molar refractivity (Wildman–Crippen MR) is 69.1 cm³/mol. The van der Waals surface area contributed by atoms with Crippen LogP contribution in [0.4, 0.5) is 0 Å². The predicted octanol–water partition coefficient (Wildman–Crippen LogP) is 0.280. The molecular weight excluding hydrogens is 268 g/mol. The van der Waals surface area contributed by atoms with E-state index in [9.17, 15) is 15.0 Å². The van der Waals surface area contributed by atoms with E-state index in [1.165, 1.54) is 33.5 Å². The molecule has 2 N–H and O–H groups in total. The Morgan fingerprint density at radius 3 is 1.85 bits per heavy atom. The second-order valence-corrected chi connectivity index (χ2v) is 3.87. The Morgan fingerprint density at radius 1 is 1.00 bits per heavy atom. The van der Waals surface area contributed by atoms with Gasteiger partial charge in [-0.05, 0) is 17.7 Å². The van der Waals surface area contributed by atoms with E-state index in [1.54, 1.807) is 0 Å². The molecule has 1 aromatic rings. The zero-order chi connectivity index (χ0) is 15.3. The highest BCUT2D eigenvalue weighted by molar-refractivity contribution is 5.75. The smallest absolute Gasteiger partial charge is 0.337 e. The standard InChI is InChI=1S/C13H18O7/c1-17-8-5-7(6-9(18-2)12(8)19-3)10(14)11(15)13(16)20-4/h5-6,10-11,14-15H,1-4H3. The first kappa shape index (κ1) is 16.1. The van der Waals surface area contributed by atoms with Crippen molar-refractivity contribution in [2.45, 2.75) is 12.2 Å². The van der Waals surface area contributed by atoms with Gasteiger partial charge < -0.3 is 29.2 Å². The number of aliphatic hydroxyl groups excluding tert-OH is 2. The number of rotatable bonds is 6. The topological polar surface area (TPSA) is 94.5 Å². The Morgan fingerprint density at radius 2 is 1.50 bits per heavy atom. The molecule has 0 fully saturated rings. The van der Waals surface area contributed by atoms with E-state index in [4.69, 9.17) is 14.2 Å². The summed E-state index contributed by atoms with van der Waals surface area (Å²) in [6, 6.07) is 2.89. The number of hydrogen-bond donors (Lipinski definition) is 2. The molecule has 0 heterocycles. The van der Waals surface area contributed by atoms with Gasteiger partial charge in [-0.25, -0.2) is 4.79 Å². The number of hydrogen-bond acceptors (Lipinski definition) is 7. The molecule has 0 aromatic heterocycles. The maximum Gasteiger partial charge on any atom is 0.337 e. The molecule has 1 aromatic carbocycles. The van der Waals surface area contributed by atoms with E-state index in [2.05, 4.69) is 4.74 Å². The van der Waals surface area contributed by atoms with Crippen molar-refractivity contribution in [3.05, 3.63) is 17.7 Å². The van der Waals surface area contributed by atoms with Gasteiger partial charge in [-0.15, -0.1) is 0 Å². The summed E-state index contributed by atoms with van der Waals surface area (Å²) in [5.41, 5.74) is 0.234. The Balaban J connectivity index is 3.22. The third-order valence-corrected chi connectivity index (χ3v) is 2.77. The molecule has 2 atom stereocenters. The van der Waals surface area contributed by atoms with Crippen molar-refractivity contribution in [3.63, 3.8) is 0 Å². The summed E-state index contributed by atoms with van der Waals surface area (Å²) in [5.74, 6) is 0.0145. The van der Waals surface area contributed by atoms with Crippen molar-refractivity contribution in [1.29, 1.82) is 0 Å². The van der Waals surface area contributed by atoms with Crippen molar-refractivity contribution >= 4 is 5.97 Å². The number of methoxy groups -OCH3 is 4.